The standard InChI is InChI=1S/C27H43F5O3/c1-5-6-7-8-11-14-17-20(27(33-2,34-3)35-4)18-15-12-9-10-13-16-19-21-22(28)24(30)26(32)25(31)23(21)29/h20H,5-19H2,1-4H3. The van der Waals surface area contributed by atoms with E-state index in [0.717, 1.165) is 44.9 Å². The van der Waals surface area contributed by atoms with Crippen LogP contribution >= 0.6 is 0 Å². The maximum atomic E-state index is 13.8. The summed E-state index contributed by atoms with van der Waals surface area (Å²) in [6, 6.07) is 0. The predicted molar refractivity (Wildman–Crippen MR) is 127 cm³/mol. The van der Waals surface area contributed by atoms with Crippen molar-refractivity contribution in [3.05, 3.63) is 34.6 Å². The second-order valence-corrected chi connectivity index (χ2v) is 9.18. The molecule has 1 unspecified atom stereocenters. The van der Waals surface area contributed by atoms with Gasteiger partial charge in [0.2, 0.25) is 5.82 Å². The summed E-state index contributed by atoms with van der Waals surface area (Å²) in [6.07, 6.45) is 13.6. The number of ether oxygens (including phenoxy) is 3. The Bertz CT molecular complexity index is 688. The smallest absolute Gasteiger partial charge is 0.285 e. The van der Waals surface area contributed by atoms with Crippen molar-refractivity contribution < 1.29 is 36.2 Å². The highest BCUT2D eigenvalue weighted by atomic mass is 19.2. The molecule has 1 rings (SSSR count). The van der Waals surface area contributed by atoms with E-state index in [1.54, 1.807) is 21.3 Å². The summed E-state index contributed by atoms with van der Waals surface area (Å²) < 4.78 is 84.1. The zero-order valence-electron chi connectivity index (χ0n) is 21.8. The third kappa shape index (κ3) is 9.62. The van der Waals surface area contributed by atoms with E-state index >= 15 is 0 Å². The Hall–Kier alpha value is -1.25. The molecule has 1 atom stereocenters. The van der Waals surface area contributed by atoms with Crippen LogP contribution in [0.25, 0.3) is 0 Å². The van der Waals surface area contributed by atoms with E-state index in [0.29, 0.717) is 12.8 Å². The minimum absolute atomic E-state index is 0.0999. The average Bonchev–Trinajstić information content (AvgIpc) is 2.87. The van der Waals surface area contributed by atoms with Crippen LogP contribution in [0.2, 0.25) is 0 Å². The molecule has 8 heteroatoms. The molecule has 0 aliphatic rings. The summed E-state index contributed by atoms with van der Waals surface area (Å²) in [5.41, 5.74) is -0.728. The molecule has 0 amide bonds. The van der Waals surface area contributed by atoms with Crippen molar-refractivity contribution in [3.8, 4) is 0 Å². The second kappa shape index (κ2) is 17.2. The Kier molecular flexibility index (Phi) is 15.7. The third-order valence-corrected chi connectivity index (χ3v) is 6.79. The zero-order valence-corrected chi connectivity index (χ0v) is 21.8. The van der Waals surface area contributed by atoms with E-state index in [4.69, 9.17) is 14.2 Å². The summed E-state index contributed by atoms with van der Waals surface area (Å²) in [7, 11) is 4.77. The van der Waals surface area contributed by atoms with Crippen molar-refractivity contribution in [2.24, 2.45) is 5.92 Å². The highest BCUT2D eigenvalue weighted by molar-refractivity contribution is 5.24. The van der Waals surface area contributed by atoms with Gasteiger partial charge in [0.05, 0.1) is 0 Å². The molecule has 35 heavy (non-hydrogen) atoms. The third-order valence-electron chi connectivity index (χ3n) is 6.79. The zero-order chi connectivity index (χ0) is 26.3. The number of unbranched alkanes of at least 4 members (excludes halogenated alkanes) is 10. The van der Waals surface area contributed by atoms with Gasteiger partial charge in [0.15, 0.2) is 23.3 Å². The van der Waals surface area contributed by atoms with Gasteiger partial charge in [0, 0.05) is 32.8 Å². The van der Waals surface area contributed by atoms with E-state index in [1.165, 1.54) is 32.1 Å². The molecule has 0 aromatic heterocycles. The number of hydrogen-bond acceptors (Lipinski definition) is 3. The van der Waals surface area contributed by atoms with Crippen LogP contribution in [-0.2, 0) is 20.6 Å². The largest absolute Gasteiger partial charge is 0.331 e. The summed E-state index contributed by atoms with van der Waals surface area (Å²) >= 11 is 0. The Morgan fingerprint density at radius 1 is 0.543 bits per heavy atom. The molecule has 0 saturated heterocycles. The Balaban J connectivity index is 2.41. The van der Waals surface area contributed by atoms with Gasteiger partial charge in [-0.25, -0.2) is 22.0 Å². The Labute approximate surface area is 207 Å². The molecule has 0 saturated carbocycles. The quantitative estimate of drug-likeness (QED) is 0.0578. The van der Waals surface area contributed by atoms with Crippen molar-refractivity contribution in [3.63, 3.8) is 0 Å². The maximum Gasteiger partial charge on any atom is 0.285 e. The van der Waals surface area contributed by atoms with Crippen molar-refractivity contribution in [1.82, 2.24) is 0 Å². The average molecular weight is 511 g/mol. The first-order valence-corrected chi connectivity index (χ1v) is 12.9. The Morgan fingerprint density at radius 3 is 1.34 bits per heavy atom. The van der Waals surface area contributed by atoms with Gasteiger partial charge in [0.1, 0.15) is 0 Å². The van der Waals surface area contributed by atoms with Crippen LogP contribution in [0.3, 0.4) is 0 Å². The van der Waals surface area contributed by atoms with Crippen LogP contribution in [-0.4, -0.2) is 27.3 Å². The van der Waals surface area contributed by atoms with Crippen LogP contribution in [0.5, 0.6) is 0 Å². The van der Waals surface area contributed by atoms with Crippen LogP contribution in [0.15, 0.2) is 0 Å². The lowest BCUT2D eigenvalue weighted by molar-refractivity contribution is -0.380. The molecule has 0 spiro atoms. The minimum atomic E-state index is -2.11. The number of methoxy groups -OCH3 is 3. The fourth-order valence-electron chi connectivity index (χ4n) is 4.69. The lowest BCUT2D eigenvalue weighted by atomic mass is 9.91. The van der Waals surface area contributed by atoms with E-state index in [2.05, 4.69) is 6.92 Å². The monoisotopic (exact) mass is 510 g/mol. The van der Waals surface area contributed by atoms with Crippen LogP contribution < -0.4 is 0 Å². The fourth-order valence-corrected chi connectivity index (χ4v) is 4.69. The maximum absolute atomic E-state index is 13.8. The molecule has 204 valence electrons. The number of benzene rings is 1. The second-order valence-electron chi connectivity index (χ2n) is 9.18. The lowest BCUT2D eigenvalue weighted by Gasteiger charge is -2.36. The van der Waals surface area contributed by atoms with Crippen LogP contribution in [0, 0.1) is 35.0 Å². The normalized spacial score (nSPS) is 12.9. The molecule has 0 fully saturated rings. The van der Waals surface area contributed by atoms with Crippen molar-refractivity contribution in [2.45, 2.75) is 109 Å². The van der Waals surface area contributed by atoms with Gasteiger partial charge in [-0.05, 0) is 25.7 Å². The van der Waals surface area contributed by atoms with Gasteiger partial charge < -0.3 is 14.2 Å². The van der Waals surface area contributed by atoms with Gasteiger partial charge in [-0.3, -0.25) is 0 Å². The van der Waals surface area contributed by atoms with E-state index in [-0.39, 0.29) is 12.3 Å². The van der Waals surface area contributed by atoms with Crippen molar-refractivity contribution >= 4 is 0 Å². The topological polar surface area (TPSA) is 27.7 Å². The lowest BCUT2D eigenvalue weighted by Crippen LogP contribution is -2.44. The SMILES string of the molecule is CCCCCCCCC(CCCCCCCCc1c(F)c(F)c(F)c(F)c1F)C(OC)(OC)OC. The molecule has 0 aliphatic heterocycles. The Morgan fingerprint density at radius 2 is 0.914 bits per heavy atom. The molecule has 1 aromatic carbocycles. The number of halogens is 5. The van der Waals surface area contributed by atoms with Gasteiger partial charge in [-0.1, -0.05) is 77.6 Å². The van der Waals surface area contributed by atoms with Gasteiger partial charge in [-0.15, -0.1) is 0 Å². The fraction of sp³-hybridized carbons (Fsp3) is 0.778. The molecule has 0 heterocycles. The van der Waals surface area contributed by atoms with E-state index < -0.39 is 40.6 Å². The minimum Gasteiger partial charge on any atom is -0.331 e. The highest BCUT2D eigenvalue weighted by Gasteiger charge is 2.39. The summed E-state index contributed by atoms with van der Waals surface area (Å²) in [5, 5.41) is 0. The van der Waals surface area contributed by atoms with Crippen LogP contribution in [0.1, 0.15) is 102 Å². The first-order chi connectivity index (χ1) is 16.8. The number of hydrogen-bond donors (Lipinski definition) is 0. The van der Waals surface area contributed by atoms with Crippen molar-refractivity contribution in [2.75, 3.05) is 21.3 Å². The molecule has 0 aliphatic carbocycles. The van der Waals surface area contributed by atoms with Crippen molar-refractivity contribution in [1.29, 1.82) is 0 Å². The summed E-state index contributed by atoms with van der Waals surface area (Å²) in [6.45, 7) is 2.20. The van der Waals surface area contributed by atoms with E-state index in [9.17, 15) is 22.0 Å². The van der Waals surface area contributed by atoms with Gasteiger partial charge >= 0.3 is 0 Å². The van der Waals surface area contributed by atoms with Crippen LogP contribution in [0.4, 0.5) is 22.0 Å². The molecule has 0 radical (unpaired) electrons. The highest BCUT2D eigenvalue weighted by Crippen LogP contribution is 2.33. The summed E-state index contributed by atoms with van der Waals surface area (Å²) in [5.74, 6) is -10.3. The molecule has 0 N–H and O–H groups in total. The molecule has 3 nitrogen and oxygen atoms in total. The predicted octanol–water partition coefficient (Wildman–Crippen LogP) is 8.62. The first kappa shape index (κ1) is 31.8. The first-order valence-electron chi connectivity index (χ1n) is 12.9. The van der Waals surface area contributed by atoms with Gasteiger partial charge in [0.25, 0.3) is 5.97 Å². The molecular weight excluding hydrogens is 467 g/mol. The molecule has 0 bridgehead atoms. The summed E-state index contributed by atoms with van der Waals surface area (Å²) in [4.78, 5) is 0. The molecule has 1 aromatic rings. The van der Waals surface area contributed by atoms with Gasteiger partial charge in [-0.2, -0.15) is 0 Å². The van der Waals surface area contributed by atoms with E-state index in [1.807, 2.05) is 0 Å². The number of rotatable bonds is 20. The molecular formula is C27H43F5O3.